The van der Waals surface area contributed by atoms with Crippen molar-refractivity contribution in [3.8, 4) is 0 Å². The van der Waals surface area contributed by atoms with Gasteiger partial charge in [-0.3, -0.25) is 4.79 Å². The molecule has 0 saturated heterocycles. The number of benzene rings is 2. The van der Waals surface area contributed by atoms with Crippen LogP contribution in [0, 0.1) is 0 Å². The molecule has 1 aliphatic heterocycles. The van der Waals surface area contributed by atoms with E-state index in [1.807, 2.05) is 30.1 Å². The average molecular weight is 423 g/mol. The minimum atomic E-state index is -3.27. The topological polar surface area (TPSA) is 86.7 Å². The maximum atomic E-state index is 12.9. The molecule has 0 unspecified atom stereocenters. The summed E-state index contributed by atoms with van der Waals surface area (Å²) in [5.41, 5.74) is 2.69. The number of aromatic nitrogens is 2. The molecular weight excluding hydrogens is 402 g/mol. The Bertz CT molecular complexity index is 1240. The van der Waals surface area contributed by atoms with Crippen LogP contribution >= 0.6 is 0 Å². The predicted octanol–water partition coefficient (Wildman–Crippen LogP) is 3.01. The van der Waals surface area contributed by atoms with Gasteiger partial charge >= 0.3 is 0 Å². The van der Waals surface area contributed by atoms with Gasteiger partial charge < -0.3 is 14.7 Å². The first-order valence-electron chi connectivity index (χ1n) is 9.20. The van der Waals surface area contributed by atoms with Crippen molar-refractivity contribution in [2.75, 3.05) is 42.1 Å². The fourth-order valence-corrected chi connectivity index (χ4v) is 4.02. The molecule has 2 heterocycles. The summed E-state index contributed by atoms with van der Waals surface area (Å²) in [5.74, 6) is 0.894. The zero-order valence-corrected chi connectivity index (χ0v) is 17.9. The maximum absolute atomic E-state index is 12.9. The molecule has 8 nitrogen and oxygen atoms in total. The maximum Gasteiger partial charge on any atom is 0.260 e. The van der Waals surface area contributed by atoms with E-state index in [-0.39, 0.29) is 10.8 Å². The largest absolute Gasteiger partial charge is 0.327 e. The number of carbonyl (C=O) groups excluding carboxylic acids is 1. The van der Waals surface area contributed by atoms with E-state index < -0.39 is 9.84 Å². The summed E-state index contributed by atoms with van der Waals surface area (Å²) in [5, 5.41) is 0. The molecule has 1 amide bonds. The lowest BCUT2D eigenvalue weighted by Crippen LogP contribution is -2.26. The molecular formula is C21H21N5O3S. The van der Waals surface area contributed by atoms with Gasteiger partial charge in [0.15, 0.2) is 15.7 Å². The first-order chi connectivity index (χ1) is 14.2. The molecule has 1 aliphatic rings. The smallest absolute Gasteiger partial charge is 0.260 e. The summed E-state index contributed by atoms with van der Waals surface area (Å²) in [6, 6.07) is 13.9. The van der Waals surface area contributed by atoms with Gasteiger partial charge in [0.05, 0.1) is 22.3 Å². The Hall–Kier alpha value is -3.46. The third kappa shape index (κ3) is 3.26. The number of hydrogen-bond donors (Lipinski definition) is 0. The SMILES string of the molecule is CN1C(=O)c2ccccc2N(C)c2nc(N(C)c3ccc(S(C)(=O)=O)cc3)ncc21. The second-order valence-electron chi connectivity index (χ2n) is 7.14. The van der Waals surface area contributed by atoms with Crippen molar-refractivity contribution >= 4 is 44.6 Å². The van der Waals surface area contributed by atoms with Gasteiger partial charge in [-0.2, -0.15) is 4.98 Å². The molecule has 0 saturated carbocycles. The van der Waals surface area contributed by atoms with E-state index in [1.54, 1.807) is 60.4 Å². The Balaban J connectivity index is 1.77. The van der Waals surface area contributed by atoms with Crippen molar-refractivity contribution in [1.29, 1.82) is 0 Å². The summed E-state index contributed by atoms with van der Waals surface area (Å²) < 4.78 is 23.4. The molecule has 30 heavy (non-hydrogen) atoms. The molecule has 154 valence electrons. The summed E-state index contributed by atoms with van der Waals surface area (Å²) in [6.45, 7) is 0. The zero-order valence-electron chi connectivity index (χ0n) is 17.1. The molecule has 2 aromatic carbocycles. The Labute approximate surface area is 175 Å². The number of anilines is 5. The van der Waals surface area contributed by atoms with Crippen molar-refractivity contribution in [2.24, 2.45) is 0 Å². The number of fused-ring (bicyclic) bond motifs is 2. The zero-order chi connectivity index (χ0) is 21.6. The van der Waals surface area contributed by atoms with Crippen LogP contribution < -0.4 is 14.7 Å². The van der Waals surface area contributed by atoms with Gasteiger partial charge in [-0.05, 0) is 36.4 Å². The summed E-state index contributed by atoms with van der Waals surface area (Å²) >= 11 is 0. The highest BCUT2D eigenvalue weighted by Gasteiger charge is 2.29. The lowest BCUT2D eigenvalue weighted by molar-refractivity contribution is 0.0994. The van der Waals surface area contributed by atoms with Crippen LogP contribution in [0.5, 0.6) is 0 Å². The summed E-state index contributed by atoms with van der Waals surface area (Å²) in [6.07, 6.45) is 2.80. The van der Waals surface area contributed by atoms with Crippen LogP contribution in [0.2, 0.25) is 0 Å². The molecule has 1 aromatic heterocycles. The van der Waals surface area contributed by atoms with Crippen molar-refractivity contribution in [1.82, 2.24) is 9.97 Å². The molecule has 0 aliphatic carbocycles. The second kappa shape index (κ2) is 7.10. The van der Waals surface area contributed by atoms with Crippen molar-refractivity contribution in [2.45, 2.75) is 4.90 Å². The van der Waals surface area contributed by atoms with E-state index in [9.17, 15) is 13.2 Å². The lowest BCUT2D eigenvalue weighted by Gasteiger charge is -2.24. The van der Waals surface area contributed by atoms with Crippen molar-refractivity contribution in [3.63, 3.8) is 0 Å². The van der Waals surface area contributed by atoms with E-state index in [2.05, 4.69) is 4.98 Å². The van der Waals surface area contributed by atoms with Gasteiger partial charge in [0.1, 0.15) is 5.69 Å². The number of carbonyl (C=O) groups is 1. The van der Waals surface area contributed by atoms with Gasteiger partial charge in [0.25, 0.3) is 5.91 Å². The lowest BCUT2D eigenvalue weighted by atomic mass is 10.1. The fraction of sp³-hybridized carbons (Fsp3) is 0.190. The highest BCUT2D eigenvalue weighted by molar-refractivity contribution is 7.90. The number of hydrogen-bond acceptors (Lipinski definition) is 7. The van der Waals surface area contributed by atoms with Gasteiger partial charge in [-0.1, -0.05) is 12.1 Å². The fourth-order valence-electron chi connectivity index (χ4n) is 3.39. The minimum Gasteiger partial charge on any atom is -0.327 e. The quantitative estimate of drug-likeness (QED) is 0.640. The van der Waals surface area contributed by atoms with E-state index in [0.717, 1.165) is 11.4 Å². The summed E-state index contributed by atoms with van der Waals surface area (Å²) in [7, 11) is 2.10. The number of nitrogens with zero attached hydrogens (tertiary/aromatic N) is 5. The van der Waals surface area contributed by atoms with E-state index >= 15 is 0 Å². The normalized spacial score (nSPS) is 13.5. The Kier molecular flexibility index (Phi) is 4.70. The highest BCUT2D eigenvalue weighted by Crippen LogP contribution is 2.38. The third-order valence-electron chi connectivity index (χ3n) is 5.17. The molecule has 0 radical (unpaired) electrons. The number of amides is 1. The van der Waals surface area contributed by atoms with Gasteiger partial charge in [-0.15, -0.1) is 0 Å². The standard InChI is InChI=1S/C21H21N5O3S/c1-24(14-9-11-15(12-10-14)30(4,28)29)21-22-13-18-19(23-21)25(2)17-8-6-5-7-16(17)20(27)26(18)3/h5-13H,1-4H3. The molecule has 0 bridgehead atoms. The van der Waals surface area contributed by atoms with Gasteiger partial charge in [0, 0.05) is 33.1 Å². The molecule has 0 fully saturated rings. The van der Waals surface area contributed by atoms with E-state index in [1.165, 1.54) is 6.26 Å². The van der Waals surface area contributed by atoms with Crippen molar-refractivity contribution < 1.29 is 13.2 Å². The first-order valence-corrected chi connectivity index (χ1v) is 11.1. The molecule has 3 aromatic rings. The second-order valence-corrected chi connectivity index (χ2v) is 9.16. The monoisotopic (exact) mass is 423 g/mol. The van der Waals surface area contributed by atoms with Crippen LogP contribution in [-0.4, -0.2) is 51.7 Å². The van der Waals surface area contributed by atoms with Crippen LogP contribution in [0.25, 0.3) is 0 Å². The van der Waals surface area contributed by atoms with Crippen LogP contribution in [0.4, 0.5) is 28.8 Å². The highest BCUT2D eigenvalue weighted by atomic mass is 32.2. The van der Waals surface area contributed by atoms with Crippen LogP contribution in [-0.2, 0) is 9.84 Å². The molecule has 0 N–H and O–H groups in total. The van der Waals surface area contributed by atoms with Crippen molar-refractivity contribution in [3.05, 3.63) is 60.3 Å². The Morgan fingerprint density at radius 1 is 0.933 bits per heavy atom. The van der Waals surface area contributed by atoms with Crippen LogP contribution in [0.15, 0.2) is 59.6 Å². The molecule has 0 atom stereocenters. The van der Waals surface area contributed by atoms with Crippen LogP contribution in [0.3, 0.4) is 0 Å². The molecule has 4 rings (SSSR count). The van der Waals surface area contributed by atoms with Gasteiger partial charge in [-0.25, -0.2) is 13.4 Å². The first kappa shape index (κ1) is 19.8. The average Bonchev–Trinajstić information content (AvgIpc) is 2.83. The minimum absolute atomic E-state index is 0.128. The molecule has 9 heteroatoms. The molecule has 0 spiro atoms. The summed E-state index contributed by atoms with van der Waals surface area (Å²) in [4.78, 5) is 27.5. The Morgan fingerprint density at radius 3 is 2.27 bits per heavy atom. The number of para-hydroxylation sites is 1. The number of rotatable bonds is 3. The number of sulfone groups is 1. The third-order valence-corrected chi connectivity index (χ3v) is 6.30. The van der Waals surface area contributed by atoms with Gasteiger partial charge in [0.2, 0.25) is 5.95 Å². The Morgan fingerprint density at radius 2 is 1.60 bits per heavy atom. The predicted molar refractivity (Wildman–Crippen MR) is 117 cm³/mol. The van der Waals surface area contributed by atoms with E-state index in [0.29, 0.717) is 23.0 Å². The van der Waals surface area contributed by atoms with E-state index in [4.69, 9.17) is 4.98 Å². The van der Waals surface area contributed by atoms with Crippen LogP contribution in [0.1, 0.15) is 10.4 Å².